The van der Waals surface area contributed by atoms with Crippen LogP contribution < -0.4 is 10.6 Å². The number of hydrogen-bond acceptors (Lipinski definition) is 7. The maximum absolute atomic E-state index is 12.4. The smallest absolute Gasteiger partial charge is 0.328 e. The molecule has 2 aliphatic rings. The number of amides is 2. The maximum atomic E-state index is 12.4. The van der Waals surface area contributed by atoms with E-state index < -0.39 is 11.9 Å². The monoisotopic (exact) mass is 486 g/mol. The number of aromatic nitrogens is 1. The fourth-order valence-electron chi connectivity index (χ4n) is 3.99. The van der Waals surface area contributed by atoms with Crippen molar-refractivity contribution in [2.45, 2.75) is 33.2 Å². The molecule has 35 heavy (non-hydrogen) atoms. The lowest BCUT2D eigenvalue weighted by atomic mass is 9.97. The van der Waals surface area contributed by atoms with Gasteiger partial charge in [0.25, 0.3) is 5.89 Å². The van der Waals surface area contributed by atoms with Gasteiger partial charge in [0.2, 0.25) is 5.91 Å². The van der Waals surface area contributed by atoms with Gasteiger partial charge in [0, 0.05) is 49.5 Å². The van der Waals surface area contributed by atoms with Crippen LogP contribution in [0.25, 0.3) is 11.3 Å². The Morgan fingerprint density at radius 2 is 1.74 bits per heavy atom. The molecule has 2 fully saturated rings. The van der Waals surface area contributed by atoms with Crippen molar-refractivity contribution in [1.82, 2.24) is 15.2 Å². The fraction of sp³-hybridized carbons (Fsp3) is 0.375. The molecule has 3 heterocycles. The summed E-state index contributed by atoms with van der Waals surface area (Å²) in [4.78, 5) is 49.1. The molecule has 0 radical (unpaired) electrons. The molecule has 2 saturated heterocycles. The molecule has 1 aromatic carbocycles. The van der Waals surface area contributed by atoms with Gasteiger partial charge in [-0.3, -0.25) is 9.59 Å². The molecule has 2 bridgehead atoms. The summed E-state index contributed by atoms with van der Waals surface area (Å²) in [6, 6.07) is 7.37. The average molecular weight is 487 g/mol. The Bertz CT molecular complexity index is 1050. The summed E-state index contributed by atoms with van der Waals surface area (Å²) in [6.07, 6.45) is 4.92. The molecule has 188 valence electrons. The Balaban J connectivity index is 0.000000418. The van der Waals surface area contributed by atoms with E-state index in [1.165, 1.54) is 13.3 Å². The second kappa shape index (κ2) is 12.5. The third kappa shape index (κ3) is 8.38. The Morgan fingerprint density at radius 1 is 1.09 bits per heavy atom. The van der Waals surface area contributed by atoms with Crippen LogP contribution in [-0.4, -0.2) is 69.5 Å². The summed E-state index contributed by atoms with van der Waals surface area (Å²) >= 11 is 0. The highest BCUT2D eigenvalue weighted by Gasteiger charge is 2.33. The van der Waals surface area contributed by atoms with Crippen LogP contribution in [0.15, 0.2) is 47.0 Å². The van der Waals surface area contributed by atoms with Crippen molar-refractivity contribution < 1.29 is 33.8 Å². The number of nitrogens with one attached hydrogen (secondary N) is 2. The van der Waals surface area contributed by atoms with Gasteiger partial charge in [-0.1, -0.05) is 7.43 Å². The quantitative estimate of drug-likeness (QED) is 0.449. The van der Waals surface area contributed by atoms with Crippen molar-refractivity contribution in [3.05, 3.63) is 48.5 Å². The first-order valence-corrected chi connectivity index (χ1v) is 10.7. The lowest BCUT2D eigenvalue weighted by Crippen LogP contribution is -2.47. The summed E-state index contributed by atoms with van der Waals surface area (Å²) in [5, 5.41) is 21.4. The van der Waals surface area contributed by atoms with Crippen LogP contribution in [0.5, 0.6) is 0 Å². The van der Waals surface area contributed by atoms with Crippen LogP contribution in [-0.2, 0) is 14.4 Å². The minimum atomic E-state index is -1.26. The largest absolute Gasteiger partial charge is 0.478 e. The van der Waals surface area contributed by atoms with Crippen LogP contribution >= 0.6 is 0 Å². The molecule has 2 aromatic rings. The zero-order valence-electron chi connectivity index (χ0n) is 18.6. The number of oxazole rings is 1. The highest BCUT2D eigenvalue weighted by molar-refractivity contribution is 5.91. The molecule has 2 aliphatic heterocycles. The number of rotatable bonds is 6. The van der Waals surface area contributed by atoms with E-state index in [-0.39, 0.29) is 31.2 Å². The van der Waals surface area contributed by atoms with Gasteiger partial charge in [0.1, 0.15) is 0 Å². The molecule has 1 unspecified atom stereocenters. The topological polar surface area (TPSA) is 162 Å². The third-order valence-electron chi connectivity index (χ3n) is 5.36. The predicted molar refractivity (Wildman–Crippen MR) is 128 cm³/mol. The van der Waals surface area contributed by atoms with E-state index in [4.69, 9.17) is 14.6 Å². The summed E-state index contributed by atoms with van der Waals surface area (Å²) in [5.74, 6) is -1.60. The zero-order chi connectivity index (χ0) is 24.7. The Hall–Kier alpha value is -3.99. The zero-order valence-corrected chi connectivity index (χ0v) is 18.6. The summed E-state index contributed by atoms with van der Waals surface area (Å²) in [7, 11) is 0. The Labute approximate surface area is 202 Å². The fourth-order valence-corrected chi connectivity index (χ4v) is 3.99. The molecule has 2 amide bonds. The highest BCUT2D eigenvalue weighted by atomic mass is 16.4. The number of anilines is 1. The van der Waals surface area contributed by atoms with Crippen LogP contribution in [0.2, 0.25) is 0 Å². The van der Waals surface area contributed by atoms with Crippen LogP contribution in [0.1, 0.15) is 37.9 Å². The van der Waals surface area contributed by atoms with Gasteiger partial charge < -0.3 is 30.2 Å². The molecule has 11 nitrogen and oxygen atoms in total. The number of hydrogen-bond donors (Lipinski definition) is 4. The third-order valence-corrected chi connectivity index (χ3v) is 5.36. The van der Waals surface area contributed by atoms with E-state index in [0.29, 0.717) is 29.5 Å². The molecule has 3 atom stereocenters. The highest BCUT2D eigenvalue weighted by Crippen LogP contribution is 2.27. The van der Waals surface area contributed by atoms with Crippen LogP contribution in [0.4, 0.5) is 5.69 Å². The second-order valence-corrected chi connectivity index (χ2v) is 8.12. The average Bonchev–Trinajstić information content (AvgIpc) is 3.40. The first kappa shape index (κ1) is 27.3. The summed E-state index contributed by atoms with van der Waals surface area (Å²) in [5.41, 5.74) is 1.51. The molecule has 4 rings (SSSR count). The van der Waals surface area contributed by atoms with E-state index in [1.54, 1.807) is 18.3 Å². The van der Waals surface area contributed by atoms with Crippen LogP contribution in [0, 0.1) is 5.92 Å². The maximum Gasteiger partial charge on any atom is 0.328 e. The normalized spacial score (nSPS) is 20.2. The lowest BCUT2D eigenvalue weighted by molar-refractivity contribution is -0.134. The predicted octanol–water partition coefficient (Wildman–Crippen LogP) is 2.47. The number of carboxylic acid groups (broad SMARTS) is 2. The minimum Gasteiger partial charge on any atom is -0.478 e. The second-order valence-electron chi connectivity index (χ2n) is 8.12. The van der Waals surface area contributed by atoms with E-state index in [2.05, 4.69) is 20.5 Å². The van der Waals surface area contributed by atoms with E-state index in [1.807, 2.05) is 12.1 Å². The lowest BCUT2D eigenvalue weighted by Gasteiger charge is -2.30. The van der Waals surface area contributed by atoms with Crippen molar-refractivity contribution in [1.29, 1.82) is 0 Å². The van der Waals surface area contributed by atoms with Crippen LogP contribution in [0.3, 0.4) is 0 Å². The van der Waals surface area contributed by atoms with E-state index >= 15 is 0 Å². The van der Waals surface area contributed by atoms with Gasteiger partial charge in [-0.25, -0.2) is 14.6 Å². The SMILES string of the molecule is C.CC(=O)Nc1ccc(-c2cnc(C(=O)N[C@@H]3C[C@H]4CCN(C4)C3)o2)cc1.O=C(O)/C=C/C(=O)O. The van der Waals surface area contributed by atoms with Gasteiger partial charge in [0.15, 0.2) is 5.76 Å². The first-order valence-electron chi connectivity index (χ1n) is 10.7. The van der Waals surface area contributed by atoms with Crippen molar-refractivity contribution in [3.63, 3.8) is 0 Å². The Morgan fingerprint density at radius 3 is 2.31 bits per heavy atom. The number of carbonyl (C=O) groups excluding carboxylic acids is 2. The standard InChI is InChI=1S/C19H22N4O3.C4H4O4.CH4/c1-12(24)21-15-4-2-14(3-5-15)17-9-20-19(26-17)18(25)22-16-8-13-6-7-23(10-13)11-16;5-3(6)1-2-4(7)8;/h2-5,9,13,16H,6-8,10-11H2,1H3,(H,21,24)(H,22,25);1-2H,(H,5,6)(H,7,8);1H4/b;2-1+;/t13-,16-;;/m1../s1. The van der Waals surface area contributed by atoms with Crippen molar-refractivity contribution in [2.24, 2.45) is 5.92 Å². The van der Waals surface area contributed by atoms with Gasteiger partial charge in [-0.15, -0.1) is 0 Å². The van der Waals surface area contributed by atoms with Crippen molar-refractivity contribution in [2.75, 3.05) is 25.0 Å². The number of fused-ring (bicyclic) bond motifs is 2. The Kier molecular flexibility index (Phi) is 9.71. The molecule has 0 aliphatic carbocycles. The van der Waals surface area contributed by atoms with Crippen molar-refractivity contribution in [3.8, 4) is 11.3 Å². The molecule has 4 N–H and O–H groups in total. The van der Waals surface area contributed by atoms with Gasteiger partial charge in [-0.2, -0.15) is 0 Å². The molecular formula is C24H30N4O7. The summed E-state index contributed by atoms with van der Waals surface area (Å²) < 4.78 is 5.64. The number of carboxylic acids is 2. The van der Waals surface area contributed by atoms with Crippen molar-refractivity contribution >= 4 is 29.4 Å². The summed E-state index contributed by atoms with van der Waals surface area (Å²) in [6.45, 7) is 4.66. The van der Waals surface area contributed by atoms with Gasteiger partial charge >= 0.3 is 17.8 Å². The number of piperidine rings is 1. The molecular weight excluding hydrogens is 456 g/mol. The minimum absolute atomic E-state index is 0. The molecule has 1 aromatic heterocycles. The number of aliphatic carboxylic acids is 2. The van der Waals surface area contributed by atoms with E-state index in [0.717, 1.165) is 31.6 Å². The van der Waals surface area contributed by atoms with Gasteiger partial charge in [0.05, 0.1) is 6.20 Å². The first-order chi connectivity index (χ1) is 16.2. The van der Waals surface area contributed by atoms with Gasteiger partial charge in [-0.05, 0) is 49.6 Å². The number of carbonyl (C=O) groups is 4. The molecule has 0 saturated carbocycles. The number of benzene rings is 1. The molecule has 11 heteroatoms. The molecule has 0 spiro atoms. The number of nitrogens with zero attached hydrogens (tertiary/aromatic N) is 2. The van der Waals surface area contributed by atoms with E-state index in [9.17, 15) is 19.2 Å².